The van der Waals surface area contributed by atoms with Crippen molar-refractivity contribution < 1.29 is 28.7 Å². The van der Waals surface area contributed by atoms with Gasteiger partial charge < -0.3 is 15.2 Å². The molecule has 0 radical (unpaired) electrons. The highest BCUT2D eigenvalue weighted by Gasteiger charge is 2.35. The van der Waals surface area contributed by atoms with Crippen LogP contribution in [0.4, 0.5) is 5.00 Å². The summed E-state index contributed by atoms with van der Waals surface area (Å²) in [6.07, 6.45) is 0. The maximum Gasteiger partial charge on any atom is 0.348 e. The Kier molecular flexibility index (Phi) is 6.62. The van der Waals surface area contributed by atoms with Crippen molar-refractivity contribution in [2.75, 3.05) is 12.3 Å². The maximum atomic E-state index is 12.7. The highest BCUT2D eigenvalue weighted by molar-refractivity contribution is 7.18. The van der Waals surface area contributed by atoms with E-state index in [2.05, 4.69) is 0 Å². The normalized spacial score (nSPS) is 12.3. The number of anilines is 1. The predicted octanol–water partition coefficient (Wildman–Crippen LogP) is 3.53. The van der Waals surface area contributed by atoms with Gasteiger partial charge in [-0.2, -0.15) is 5.26 Å². The molecule has 0 unspecified atom stereocenters. The molecule has 0 saturated carbocycles. The number of nitrogen functional groups attached to an aromatic ring is 1. The first-order valence-corrected chi connectivity index (χ1v) is 11.4. The summed E-state index contributed by atoms with van der Waals surface area (Å²) in [4.78, 5) is 51.4. The number of fused-ring (bicyclic) bond motifs is 1. The van der Waals surface area contributed by atoms with E-state index < -0.39 is 23.8 Å². The van der Waals surface area contributed by atoms with Crippen LogP contribution in [0.5, 0.6) is 0 Å². The average Bonchev–Trinajstić information content (AvgIpc) is 3.31. The Hall–Kier alpha value is -4.49. The number of carbonyl (C=O) groups excluding carboxylic acids is 4. The van der Waals surface area contributed by atoms with Gasteiger partial charge in [0.2, 0.25) is 0 Å². The molecule has 0 aliphatic carbocycles. The van der Waals surface area contributed by atoms with Crippen LogP contribution in [0.25, 0.3) is 0 Å². The number of hydrogen-bond acceptors (Lipinski definition) is 9. The highest BCUT2D eigenvalue weighted by Crippen LogP contribution is 2.32. The molecule has 176 valence electrons. The first-order chi connectivity index (χ1) is 16.8. The van der Waals surface area contributed by atoms with Gasteiger partial charge in [0.1, 0.15) is 22.6 Å². The topological polar surface area (TPSA) is 140 Å². The van der Waals surface area contributed by atoms with E-state index in [4.69, 9.17) is 15.2 Å². The van der Waals surface area contributed by atoms with Crippen LogP contribution >= 0.6 is 11.3 Å². The number of hydrogen-bond donors (Lipinski definition) is 1. The van der Waals surface area contributed by atoms with Crippen LogP contribution in [0, 0.1) is 11.3 Å². The second-order valence-corrected chi connectivity index (χ2v) is 8.55. The van der Waals surface area contributed by atoms with Crippen molar-refractivity contribution in [1.82, 2.24) is 4.90 Å². The summed E-state index contributed by atoms with van der Waals surface area (Å²) in [6.45, 7) is 1.42. The van der Waals surface area contributed by atoms with Crippen LogP contribution in [-0.2, 0) is 22.6 Å². The van der Waals surface area contributed by atoms with Gasteiger partial charge in [0.15, 0.2) is 0 Å². The van der Waals surface area contributed by atoms with Crippen LogP contribution in [0.2, 0.25) is 0 Å². The first-order valence-electron chi connectivity index (χ1n) is 10.5. The molecule has 9 nitrogen and oxygen atoms in total. The van der Waals surface area contributed by atoms with Gasteiger partial charge in [-0.1, -0.05) is 24.3 Å². The number of ether oxygens (including phenoxy) is 2. The molecule has 2 aromatic carbocycles. The van der Waals surface area contributed by atoms with Crippen LogP contribution < -0.4 is 5.73 Å². The monoisotopic (exact) mass is 489 g/mol. The van der Waals surface area contributed by atoms with Crippen LogP contribution in [0.15, 0.2) is 48.5 Å². The molecule has 4 rings (SSSR count). The Bertz CT molecular complexity index is 1370. The molecule has 1 aliphatic rings. The van der Waals surface area contributed by atoms with Gasteiger partial charge in [0, 0.05) is 5.56 Å². The molecule has 0 atom stereocenters. The summed E-state index contributed by atoms with van der Waals surface area (Å²) in [5, 5.41) is 9.54. The summed E-state index contributed by atoms with van der Waals surface area (Å²) in [6, 6.07) is 14.8. The van der Waals surface area contributed by atoms with Crippen LogP contribution in [0.1, 0.15) is 64.4 Å². The predicted molar refractivity (Wildman–Crippen MR) is 126 cm³/mol. The van der Waals surface area contributed by atoms with Crippen molar-refractivity contribution in [3.05, 3.63) is 86.8 Å². The van der Waals surface area contributed by atoms with Crippen molar-refractivity contribution in [3.63, 3.8) is 0 Å². The van der Waals surface area contributed by atoms with Gasteiger partial charge in [0.25, 0.3) is 11.8 Å². The molecular formula is C25H19N3O6S. The SMILES string of the molecule is CCOC(=O)c1sc(N)c(C#N)c1COC(=O)c1cccc(CN2C(=O)c3ccccc3C2=O)c1. The maximum absolute atomic E-state index is 12.7. The van der Waals surface area contributed by atoms with E-state index in [0.29, 0.717) is 16.7 Å². The van der Waals surface area contributed by atoms with Gasteiger partial charge in [-0.3, -0.25) is 14.5 Å². The standard InChI is InChI=1S/C25H19N3O6S/c1-2-33-25(32)20-19(18(11-26)21(27)35-20)13-34-24(31)15-7-5-6-14(10-15)12-28-22(29)16-8-3-4-9-17(16)23(28)30/h3-10H,2,12-13,27H2,1H3. The molecule has 0 saturated heterocycles. The van der Waals surface area contributed by atoms with E-state index in [1.165, 1.54) is 12.1 Å². The van der Waals surface area contributed by atoms with Crippen LogP contribution in [0.3, 0.4) is 0 Å². The lowest BCUT2D eigenvalue weighted by molar-refractivity contribution is 0.0452. The van der Waals surface area contributed by atoms with E-state index in [9.17, 15) is 24.4 Å². The Morgan fingerprint density at radius 3 is 2.34 bits per heavy atom. The fourth-order valence-electron chi connectivity index (χ4n) is 3.69. The van der Waals surface area contributed by atoms with Crippen molar-refractivity contribution in [2.45, 2.75) is 20.1 Å². The Balaban J connectivity index is 1.49. The molecule has 2 N–H and O–H groups in total. The van der Waals surface area contributed by atoms with E-state index in [1.807, 2.05) is 6.07 Å². The average molecular weight is 490 g/mol. The number of carbonyl (C=O) groups is 4. The quantitative estimate of drug-likeness (QED) is 0.393. The third-order valence-electron chi connectivity index (χ3n) is 5.34. The fourth-order valence-corrected chi connectivity index (χ4v) is 4.61. The van der Waals surface area contributed by atoms with Gasteiger partial charge >= 0.3 is 11.9 Å². The number of nitrogens with two attached hydrogens (primary N) is 1. The molecule has 10 heteroatoms. The first kappa shape index (κ1) is 23.7. The lowest BCUT2D eigenvalue weighted by Crippen LogP contribution is -2.29. The number of thiophene rings is 1. The Labute approximate surface area is 204 Å². The van der Waals surface area contributed by atoms with Crippen molar-refractivity contribution in [1.29, 1.82) is 5.26 Å². The molecule has 1 aromatic heterocycles. The minimum Gasteiger partial charge on any atom is -0.462 e. The summed E-state index contributed by atoms with van der Waals surface area (Å²) >= 11 is 0.897. The molecule has 0 bridgehead atoms. The molecule has 0 spiro atoms. The minimum atomic E-state index is -0.710. The lowest BCUT2D eigenvalue weighted by Gasteiger charge is -2.14. The smallest absolute Gasteiger partial charge is 0.348 e. The number of nitriles is 1. The fraction of sp³-hybridized carbons (Fsp3) is 0.160. The largest absolute Gasteiger partial charge is 0.462 e. The van der Waals surface area contributed by atoms with Crippen molar-refractivity contribution >= 4 is 40.1 Å². The zero-order valence-electron chi connectivity index (χ0n) is 18.6. The molecule has 35 heavy (non-hydrogen) atoms. The summed E-state index contributed by atoms with van der Waals surface area (Å²) in [5.41, 5.74) is 7.51. The second kappa shape index (κ2) is 9.79. The summed E-state index contributed by atoms with van der Waals surface area (Å²) in [7, 11) is 0. The Morgan fingerprint density at radius 2 is 1.71 bits per heavy atom. The number of esters is 2. The highest BCUT2D eigenvalue weighted by atomic mass is 32.1. The minimum absolute atomic E-state index is 0.0138. The van der Waals surface area contributed by atoms with E-state index in [-0.39, 0.29) is 46.3 Å². The van der Waals surface area contributed by atoms with E-state index in [0.717, 1.165) is 16.2 Å². The van der Waals surface area contributed by atoms with Crippen molar-refractivity contribution in [2.24, 2.45) is 0 Å². The summed E-state index contributed by atoms with van der Waals surface area (Å²) < 4.78 is 10.4. The van der Waals surface area contributed by atoms with Gasteiger partial charge in [-0.15, -0.1) is 11.3 Å². The molecular weight excluding hydrogens is 470 g/mol. The Morgan fingerprint density at radius 1 is 1.03 bits per heavy atom. The van der Waals surface area contributed by atoms with Gasteiger partial charge in [-0.05, 0) is 36.8 Å². The molecule has 2 heterocycles. The molecule has 0 fully saturated rings. The molecule has 1 aliphatic heterocycles. The van der Waals surface area contributed by atoms with E-state index in [1.54, 1.807) is 43.3 Å². The van der Waals surface area contributed by atoms with Crippen LogP contribution in [-0.4, -0.2) is 35.3 Å². The van der Waals surface area contributed by atoms with Crippen molar-refractivity contribution in [3.8, 4) is 6.07 Å². The number of benzene rings is 2. The lowest BCUT2D eigenvalue weighted by atomic mass is 10.1. The number of rotatable bonds is 7. The summed E-state index contributed by atoms with van der Waals surface area (Å²) in [5.74, 6) is -2.16. The van der Waals surface area contributed by atoms with Gasteiger partial charge in [-0.25, -0.2) is 9.59 Å². The zero-order valence-corrected chi connectivity index (χ0v) is 19.4. The third kappa shape index (κ3) is 4.49. The third-order valence-corrected chi connectivity index (χ3v) is 6.38. The molecule has 2 amide bonds. The van der Waals surface area contributed by atoms with E-state index >= 15 is 0 Å². The molecule has 3 aromatic rings. The number of imide groups is 1. The number of amides is 2. The second-order valence-electron chi connectivity index (χ2n) is 7.50. The number of nitrogens with zero attached hydrogens (tertiary/aromatic N) is 2. The van der Waals surface area contributed by atoms with Gasteiger partial charge in [0.05, 0.1) is 35.4 Å². The zero-order chi connectivity index (χ0) is 25.1.